The zero-order valence-corrected chi connectivity index (χ0v) is 19.0. The lowest BCUT2D eigenvalue weighted by Crippen LogP contribution is -2.34. The van der Waals surface area contributed by atoms with Gasteiger partial charge in [0.15, 0.2) is 0 Å². The summed E-state index contributed by atoms with van der Waals surface area (Å²) in [6, 6.07) is 0. The topological polar surface area (TPSA) is 103 Å². The normalized spacial score (nSPS) is 18.4. The summed E-state index contributed by atoms with van der Waals surface area (Å²) in [4.78, 5) is 32.5. The lowest BCUT2D eigenvalue weighted by Gasteiger charge is -2.26. The second kappa shape index (κ2) is 8.32. The molecule has 1 fully saturated rings. The number of nitrogens with zero attached hydrogens (tertiary/aromatic N) is 6. The summed E-state index contributed by atoms with van der Waals surface area (Å²) < 4.78 is 2.02. The summed E-state index contributed by atoms with van der Waals surface area (Å²) in [5.74, 6) is 3.62. The number of hydrogen-bond donors (Lipinski definition) is 1. The minimum atomic E-state index is 0.0406. The number of allylic oxidation sites excluding steroid dienone is 2. The van der Waals surface area contributed by atoms with E-state index in [2.05, 4.69) is 31.9 Å². The molecule has 8 nitrogen and oxygen atoms in total. The molecule has 3 aromatic heterocycles. The number of carbonyl (C=O) groups excluding carboxylic acids is 1. The molecule has 1 aliphatic carbocycles. The molecule has 0 unspecified atom stereocenters. The molecule has 0 radical (unpaired) electrons. The van der Waals surface area contributed by atoms with E-state index in [1.165, 1.54) is 6.33 Å². The molecule has 5 rings (SSSR count). The van der Waals surface area contributed by atoms with Gasteiger partial charge in [-0.3, -0.25) is 4.79 Å². The highest BCUT2D eigenvalue weighted by Crippen LogP contribution is 2.43. The van der Waals surface area contributed by atoms with Crippen molar-refractivity contribution in [3.63, 3.8) is 0 Å². The van der Waals surface area contributed by atoms with Gasteiger partial charge in [0.25, 0.3) is 0 Å². The van der Waals surface area contributed by atoms with E-state index in [0.29, 0.717) is 11.6 Å². The van der Waals surface area contributed by atoms with Crippen molar-refractivity contribution in [3.05, 3.63) is 35.7 Å². The maximum absolute atomic E-state index is 12.9. The highest BCUT2D eigenvalue weighted by molar-refractivity contribution is 6.04. The van der Waals surface area contributed by atoms with E-state index >= 15 is 0 Å². The van der Waals surface area contributed by atoms with Gasteiger partial charge in [0.1, 0.15) is 17.8 Å². The summed E-state index contributed by atoms with van der Waals surface area (Å²) in [5.41, 5.74) is 11.9. The molecule has 1 aliphatic heterocycles. The van der Waals surface area contributed by atoms with E-state index < -0.39 is 0 Å². The first-order chi connectivity index (χ1) is 16.0. The van der Waals surface area contributed by atoms with Gasteiger partial charge in [0, 0.05) is 43.4 Å². The minimum absolute atomic E-state index is 0.0406. The van der Waals surface area contributed by atoms with Gasteiger partial charge in [-0.15, -0.1) is 6.42 Å². The van der Waals surface area contributed by atoms with Crippen molar-refractivity contribution in [1.82, 2.24) is 29.4 Å². The summed E-state index contributed by atoms with van der Waals surface area (Å²) in [6.45, 7) is 3.70. The van der Waals surface area contributed by atoms with Gasteiger partial charge in [-0.25, -0.2) is 19.9 Å². The number of aromatic nitrogens is 5. The van der Waals surface area contributed by atoms with Crippen LogP contribution >= 0.6 is 0 Å². The Morgan fingerprint density at radius 1 is 1.24 bits per heavy atom. The molecule has 2 N–H and O–H groups in total. The van der Waals surface area contributed by atoms with Crippen molar-refractivity contribution in [2.24, 2.45) is 13.0 Å². The number of anilines is 1. The van der Waals surface area contributed by atoms with Crippen LogP contribution in [0.15, 0.2) is 18.6 Å². The molecule has 1 amide bonds. The molecule has 0 bridgehead atoms. The van der Waals surface area contributed by atoms with Gasteiger partial charge in [0.05, 0.1) is 16.8 Å². The van der Waals surface area contributed by atoms with Gasteiger partial charge in [-0.2, -0.15) is 0 Å². The molecule has 8 heteroatoms. The zero-order chi connectivity index (χ0) is 23.1. The summed E-state index contributed by atoms with van der Waals surface area (Å²) in [7, 11) is 1.96. The third-order valence-corrected chi connectivity index (χ3v) is 6.86. The Morgan fingerprint density at radius 2 is 2.03 bits per heavy atom. The number of nitrogen functional groups attached to an aromatic ring is 1. The first kappa shape index (κ1) is 21.1. The van der Waals surface area contributed by atoms with E-state index in [4.69, 9.17) is 12.2 Å². The number of nitrogens with two attached hydrogens (primary N) is 1. The van der Waals surface area contributed by atoms with Gasteiger partial charge < -0.3 is 15.2 Å². The van der Waals surface area contributed by atoms with Crippen molar-refractivity contribution in [2.45, 2.75) is 39.0 Å². The Kier molecular flexibility index (Phi) is 5.33. The van der Waals surface area contributed by atoms with E-state index in [0.717, 1.165) is 84.3 Å². The van der Waals surface area contributed by atoms with Crippen LogP contribution in [0.25, 0.3) is 27.9 Å². The number of hydrogen-bond acceptors (Lipinski definition) is 6. The average molecular weight is 442 g/mol. The van der Waals surface area contributed by atoms with Crippen molar-refractivity contribution in [3.8, 4) is 23.6 Å². The van der Waals surface area contributed by atoms with Crippen LogP contribution in [0.1, 0.15) is 49.2 Å². The van der Waals surface area contributed by atoms with E-state index in [1.54, 1.807) is 6.20 Å². The Morgan fingerprint density at radius 3 is 2.70 bits per heavy atom. The first-order valence-corrected chi connectivity index (χ1v) is 11.4. The molecule has 0 saturated carbocycles. The Bertz CT molecular complexity index is 1320. The molecule has 3 aromatic rings. The van der Waals surface area contributed by atoms with Crippen molar-refractivity contribution < 1.29 is 4.79 Å². The van der Waals surface area contributed by atoms with Gasteiger partial charge in [-0.1, -0.05) is 6.08 Å². The molecular formula is C25H27N7O. The Balaban J connectivity index is 1.62. The van der Waals surface area contributed by atoms with Crippen LogP contribution in [0.4, 0.5) is 5.82 Å². The van der Waals surface area contributed by atoms with Crippen LogP contribution in [-0.4, -0.2) is 48.4 Å². The van der Waals surface area contributed by atoms with E-state index in [9.17, 15) is 4.79 Å². The maximum atomic E-state index is 12.9. The van der Waals surface area contributed by atoms with Gasteiger partial charge in [-0.05, 0) is 50.5 Å². The van der Waals surface area contributed by atoms with Gasteiger partial charge in [0.2, 0.25) is 11.7 Å². The van der Waals surface area contributed by atoms with Crippen molar-refractivity contribution in [2.75, 3.05) is 18.8 Å². The lowest BCUT2D eigenvalue weighted by atomic mass is 9.84. The lowest BCUT2D eigenvalue weighted by molar-refractivity contribution is -0.134. The molecular weight excluding hydrogens is 414 g/mol. The quantitative estimate of drug-likeness (QED) is 0.627. The van der Waals surface area contributed by atoms with Crippen LogP contribution in [-0.2, 0) is 11.8 Å². The predicted molar refractivity (Wildman–Crippen MR) is 128 cm³/mol. The molecule has 168 valence electrons. The monoisotopic (exact) mass is 441 g/mol. The third-order valence-electron chi connectivity index (χ3n) is 6.86. The summed E-state index contributed by atoms with van der Waals surface area (Å²) in [6.07, 6.45) is 15.5. The van der Waals surface area contributed by atoms with Crippen LogP contribution in [0.2, 0.25) is 0 Å². The SMILES string of the molecule is C#Cc1ncc(-c2c(C3=CC[C@@H](C(=O)N4CCCC4)CC3)c3c(N)ncnc3n2C)c(C)n1. The van der Waals surface area contributed by atoms with Crippen molar-refractivity contribution >= 4 is 28.3 Å². The van der Waals surface area contributed by atoms with Crippen LogP contribution < -0.4 is 5.73 Å². The second-order valence-electron chi connectivity index (χ2n) is 8.81. The number of likely N-dealkylation sites (tertiary alicyclic amines) is 1. The number of rotatable bonds is 3. The molecule has 33 heavy (non-hydrogen) atoms. The number of aryl methyl sites for hydroxylation is 2. The highest BCUT2D eigenvalue weighted by Gasteiger charge is 2.31. The fourth-order valence-corrected chi connectivity index (χ4v) is 5.15. The number of terminal acetylenes is 1. The Hall–Kier alpha value is -3.73. The average Bonchev–Trinajstić information content (AvgIpc) is 3.47. The molecule has 1 saturated heterocycles. The molecule has 2 aliphatic rings. The molecule has 1 atom stereocenters. The minimum Gasteiger partial charge on any atom is -0.383 e. The highest BCUT2D eigenvalue weighted by atomic mass is 16.2. The number of carbonyl (C=O) groups is 1. The largest absolute Gasteiger partial charge is 0.383 e. The molecule has 0 aromatic carbocycles. The summed E-state index contributed by atoms with van der Waals surface area (Å²) >= 11 is 0. The first-order valence-electron chi connectivity index (χ1n) is 11.4. The number of amides is 1. The smallest absolute Gasteiger partial charge is 0.226 e. The summed E-state index contributed by atoms with van der Waals surface area (Å²) in [5, 5.41) is 0.825. The maximum Gasteiger partial charge on any atom is 0.226 e. The predicted octanol–water partition coefficient (Wildman–Crippen LogP) is 3.10. The fraction of sp³-hybridized carbons (Fsp3) is 0.400. The standard InChI is InChI=1S/C25H27N7O/c1-4-19-27-13-18(15(2)30-19)22-20(21-23(26)28-14-29-24(21)31(22)3)16-7-9-17(10-8-16)25(33)32-11-5-6-12-32/h1,7,13-14,17H,5-6,8-12H2,2-3H3,(H2,26,28,29)/t17-/m1/s1. The van der Waals surface area contributed by atoms with Gasteiger partial charge >= 0.3 is 0 Å². The van der Waals surface area contributed by atoms with E-state index in [-0.39, 0.29) is 11.8 Å². The van der Waals surface area contributed by atoms with E-state index in [1.807, 2.05) is 23.4 Å². The molecule has 0 spiro atoms. The Labute approximate surface area is 193 Å². The van der Waals surface area contributed by atoms with Crippen LogP contribution in [0.3, 0.4) is 0 Å². The molecule has 4 heterocycles. The number of fused-ring (bicyclic) bond motifs is 1. The van der Waals surface area contributed by atoms with Crippen LogP contribution in [0, 0.1) is 25.2 Å². The second-order valence-corrected chi connectivity index (χ2v) is 8.81. The fourth-order valence-electron chi connectivity index (χ4n) is 5.15. The van der Waals surface area contributed by atoms with Crippen LogP contribution in [0.5, 0.6) is 0 Å². The third kappa shape index (κ3) is 3.54. The van der Waals surface area contributed by atoms with Crippen molar-refractivity contribution in [1.29, 1.82) is 0 Å². The zero-order valence-electron chi connectivity index (χ0n) is 19.0.